The Morgan fingerprint density at radius 3 is 2.12 bits per heavy atom. The van der Waals surface area contributed by atoms with E-state index in [9.17, 15) is 14.7 Å². The van der Waals surface area contributed by atoms with Crippen molar-refractivity contribution in [2.75, 3.05) is 6.54 Å². The number of aliphatic hydroxyl groups is 1. The van der Waals surface area contributed by atoms with Gasteiger partial charge in [0.25, 0.3) is 0 Å². The van der Waals surface area contributed by atoms with E-state index in [1.807, 2.05) is 0 Å². The monoisotopic (exact) mass is 233 g/mol. The summed E-state index contributed by atoms with van der Waals surface area (Å²) in [5.41, 5.74) is 0. The second-order valence-electron chi connectivity index (χ2n) is 3.51. The first-order chi connectivity index (χ1) is 7.43. The lowest BCUT2D eigenvalue weighted by Crippen LogP contribution is -2.47. The molecule has 0 aromatic rings. The molecule has 0 spiro atoms. The van der Waals surface area contributed by atoms with Gasteiger partial charge in [0.2, 0.25) is 0 Å². The summed E-state index contributed by atoms with van der Waals surface area (Å²) >= 11 is 0. The highest BCUT2D eigenvalue weighted by molar-refractivity contribution is 5.75. The molecule has 0 fully saturated rings. The summed E-state index contributed by atoms with van der Waals surface area (Å²) in [6.07, 6.45) is -0.663. The third kappa shape index (κ3) is 4.59. The standard InChI is InChI=1S/C10H19NO5/c1-3-8(12)11(4-2)7(10(15)16)5-6-9(13)14/h7-8,12H,3-6H2,1-2H3,(H,13,14)(H,15,16). The van der Waals surface area contributed by atoms with Gasteiger partial charge < -0.3 is 15.3 Å². The van der Waals surface area contributed by atoms with Crippen LogP contribution in [-0.4, -0.2) is 51.0 Å². The number of carboxylic acids is 2. The predicted molar refractivity (Wildman–Crippen MR) is 57.0 cm³/mol. The van der Waals surface area contributed by atoms with Crippen molar-refractivity contribution < 1.29 is 24.9 Å². The zero-order chi connectivity index (χ0) is 12.7. The average Bonchev–Trinajstić information content (AvgIpc) is 2.22. The maximum absolute atomic E-state index is 11.0. The predicted octanol–water partition coefficient (Wildman–Crippen LogP) is 0.355. The van der Waals surface area contributed by atoms with Gasteiger partial charge in [-0.05, 0) is 19.4 Å². The van der Waals surface area contributed by atoms with Crippen LogP contribution in [0.5, 0.6) is 0 Å². The van der Waals surface area contributed by atoms with Gasteiger partial charge in [0.05, 0.1) is 0 Å². The molecule has 0 aliphatic carbocycles. The highest BCUT2D eigenvalue weighted by atomic mass is 16.4. The van der Waals surface area contributed by atoms with E-state index in [0.29, 0.717) is 13.0 Å². The van der Waals surface area contributed by atoms with Crippen molar-refractivity contribution in [1.82, 2.24) is 4.90 Å². The fourth-order valence-corrected chi connectivity index (χ4v) is 1.56. The van der Waals surface area contributed by atoms with Crippen molar-refractivity contribution in [2.45, 2.75) is 45.4 Å². The van der Waals surface area contributed by atoms with Gasteiger partial charge in [-0.3, -0.25) is 14.5 Å². The molecule has 0 aliphatic rings. The number of rotatable bonds is 8. The Balaban J connectivity index is 4.59. The number of carbonyl (C=O) groups is 2. The molecule has 0 amide bonds. The van der Waals surface area contributed by atoms with Crippen LogP contribution in [0.4, 0.5) is 0 Å². The lowest BCUT2D eigenvalue weighted by molar-refractivity contribution is -0.149. The molecule has 2 atom stereocenters. The van der Waals surface area contributed by atoms with Crippen LogP contribution in [0.1, 0.15) is 33.1 Å². The molecule has 0 aliphatic heterocycles. The molecule has 0 heterocycles. The summed E-state index contributed by atoms with van der Waals surface area (Å²) < 4.78 is 0. The van der Waals surface area contributed by atoms with E-state index in [-0.39, 0.29) is 12.8 Å². The Morgan fingerprint density at radius 1 is 1.25 bits per heavy atom. The molecular formula is C10H19NO5. The summed E-state index contributed by atoms with van der Waals surface area (Å²) in [5, 5.41) is 27.1. The molecule has 0 saturated heterocycles. The van der Waals surface area contributed by atoms with Gasteiger partial charge in [-0.2, -0.15) is 0 Å². The van der Waals surface area contributed by atoms with Crippen molar-refractivity contribution >= 4 is 11.9 Å². The topological polar surface area (TPSA) is 98.1 Å². The van der Waals surface area contributed by atoms with Crippen LogP contribution in [0.25, 0.3) is 0 Å². The van der Waals surface area contributed by atoms with E-state index in [1.54, 1.807) is 13.8 Å². The lowest BCUT2D eigenvalue weighted by Gasteiger charge is -2.31. The first-order valence-electron chi connectivity index (χ1n) is 5.32. The third-order valence-electron chi connectivity index (χ3n) is 2.43. The Morgan fingerprint density at radius 2 is 1.81 bits per heavy atom. The van der Waals surface area contributed by atoms with E-state index < -0.39 is 24.2 Å². The second kappa shape index (κ2) is 7.19. The summed E-state index contributed by atoms with van der Waals surface area (Å²) in [4.78, 5) is 22.8. The first kappa shape index (κ1) is 14.9. The molecule has 3 N–H and O–H groups in total. The molecule has 16 heavy (non-hydrogen) atoms. The van der Waals surface area contributed by atoms with E-state index in [0.717, 1.165) is 0 Å². The number of hydrogen-bond donors (Lipinski definition) is 3. The molecule has 0 bridgehead atoms. The lowest BCUT2D eigenvalue weighted by atomic mass is 10.1. The van der Waals surface area contributed by atoms with Crippen molar-refractivity contribution in [3.8, 4) is 0 Å². The van der Waals surface area contributed by atoms with Gasteiger partial charge in [-0.15, -0.1) is 0 Å². The van der Waals surface area contributed by atoms with Crippen LogP contribution in [-0.2, 0) is 9.59 Å². The molecule has 2 unspecified atom stereocenters. The molecule has 0 aromatic heterocycles. The summed E-state index contributed by atoms with van der Waals surface area (Å²) in [5.74, 6) is -2.14. The number of likely N-dealkylation sites (N-methyl/N-ethyl adjacent to an activating group) is 1. The molecule has 0 radical (unpaired) electrons. The Labute approximate surface area is 94.5 Å². The third-order valence-corrected chi connectivity index (χ3v) is 2.43. The van der Waals surface area contributed by atoms with Crippen molar-refractivity contribution in [3.05, 3.63) is 0 Å². The molecule has 0 saturated carbocycles. The van der Waals surface area contributed by atoms with Gasteiger partial charge in [0, 0.05) is 6.42 Å². The molecule has 94 valence electrons. The van der Waals surface area contributed by atoms with Gasteiger partial charge in [-0.1, -0.05) is 13.8 Å². The first-order valence-corrected chi connectivity index (χ1v) is 5.32. The van der Waals surface area contributed by atoms with Crippen LogP contribution in [0.2, 0.25) is 0 Å². The molecule has 6 nitrogen and oxygen atoms in total. The number of nitrogens with zero attached hydrogens (tertiary/aromatic N) is 1. The average molecular weight is 233 g/mol. The quantitative estimate of drug-likeness (QED) is 0.523. The van der Waals surface area contributed by atoms with Gasteiger partial charge >= 0.3 is 11.9 Å². The van der Waals surface area contributed by atoms with E-state index in [1.165, 1.54) is 4.90 Å². The number of hydrogen-bond acceptors (Lipinski definition) is 4. The maximum atomic E-state index is 11.0. The number of carboxylic acid groups (broad SMARTS) is 2. The van der Waals surface area contributed by atoms with E-state index in [4.69, 9.17) is 10.2 Å². The largest absolute Gasteiger partial charge is 0.481 e. The van der Waals surface area contributed by atoms with Crippen molar-refractivity contribution in [1.29, 1.82) is 0 Å². The highest BCUT2D eigenvalue weighted by Crippen LogP contribution is 2.12. The summed E-state index contributed by atoms with van der Waals surface area (Å²) in [6, 6.07) is -0.948. The van der Waals surface area contributed by atoms with Crippen molar-refractivity contribution in [3.63, 3.8) is 0 Å². The molecule has 6 heteroatoms. The normalized spacial score (nSPS) is 14.8. The molecular weight excluding hydrogens is 214 g/mol. The number of aliphatic carboxylic acids is 2. The highest BCUT2D eigenvalue weighted by Gasteiger charge is 2.28. The van der Waals surface area contributed by atoms with Crippen LogP contribution < -0.4 is 0 Å². The van der Waals surface area contributed by atoms with Gasteiger partial charge in [-0.25, -0.2) is 0 Å². The summed E-state index contributed by atoms with van der Waals surface area (Å²) in [6.45, 7) is 3.84. The number of aliphatic hydroxyl groups excluding tert-OH is 1. The minimum atomic E-state index is -1.10. The smallest absolute Gasteiger partial charge is 0.321 e. The Kier molecular flexibility index (Phi) is 6.67. The molecule has 0 aromatic carbocycles. The van der Waals surface area contributed by atoms with Gasteiger partial charge in [0.1, 0.15) is 12.3 Å². The summed E-state index contributed by atoms with van der Waals surface area (Å²) in [7, 11) is 0. The Bertz CT molecular complexity index is 243. The fourth-order valence-electron chi connectivity index (χ4n) is 1.56. The minimum absolute atomic E-state index is 0.00440. The van der Waals surface area contributed by atoms with Gasteiger partial charge in [0.15, 0.2) is 0 Å². The zero-order valence-corrected chi connectivity index (χ0v) is 9.59. The van der Waals surface area contributed by atoms with Crippen LogP contribution in [0, 0.1) is 0 Å². The van der Waals surface area contributed by atoms with Crippen LogP contribution in [0.15, 0.2) is 0 Å². The second-order valence-corrected chi connectivity index (χ2v) is 3.51. The van der Waals surface area contributed by atoms with E-state index in [2.05, 4.69) is 0 Å². The van der Waals surface area contributed by atoms with Crippen molar-refractivity contribution in [2.24, 2.45) is 0 Å². The Hall–Kier alpha value is -1.14. The van der Waals surface area contributed by atoms with Crippen LogP contribution in [0.3, 0.4) is 0 Å². The van der Waals surface area contributed by atoms with E-state index >= 15 is 0 Å². The minimum Gasteiger partial charge on any atom is -0.481 e. The van der Waals surface area contributed by atoms with Crippen LogP contribution >= 0.6 is 0 Å². The maximum Gasteiger partial charge on any atom is 0.321 e. The fraction of sp³-hybridized carbons (Fsp3) is 0.800. The molecule has 0 rings (SSSR count). The SMILES string of the molecule is CCC(O)N(CC)C(CCC(=O)O)C(=O)O. The zero-order valence-electron chi connectivity index (χ0n) is 9.59.